The SMILES string of the molecule is CC(C)(C)CCOc1cc(Cl)ccc1C(N)=S. The molecule has 94 valence electrons. The lowest BCUT2D eigenvalue weighted by Crippen LogP contribution is -2.14. The number of benzene rings is 1. The molecular weight excluding hydrogens is 254 g/mol. The van der Waals surface area contributed by atoms with Gasteiger partial charge in [0, 0.05) is 5.02 Å². The molecule has 1 aromatic rings. The maximum absolute atomic E-state index is 5.93. The van der Waals surface area contributed by atoms with Crippen LogP contribution in [0, 0.1) is 5.41 Å². The van der Waals surface area contributed by atoms with Crippen LogP contribution in [0.5, 0.6) is 5.75 Å². The zero-order chi connectivity index (χ0) is 13.1. The maximum Gasteiger partial charge on any atom is 0.130 e. The topological polar surface area (TPSA) is 35.2 Å². The van der Waals surface area contributed by atoms with Crippen molar-refractivity contribution < 1.29 is 4.74 Å². The van der Waals surface area contributed by atoms with E-state index in [2.05, 4.69) is 20.8 Å². The summed E-state index contributed by atoms with van der Waals surface area (Å²) >= 11 is 10.9. The molecule has 2 nitrogen and oxygen atoms in total. The molecule has 0 bridgehead atoms. The standard InChI is InChI=1S/C13H18ClNOS/c1-13(2,3)6-7-16-11-8-9(14)4-5-10(11)12(15)17/h4-5,8H,6-7H2,1-3H3,(H2,15,17). The van der Waals surface area contributed by atoms with Gasteiger partial charge in [0.25, 0.3) is 0 Å². The Morgan fingerprint density at radius 2 is 2.06 bits per heavy atom. The predicted octanol–water partition coefficient (Wildman–Crippen LogP) is 3.79. The molecule has 2 N–H and O–H groups in total. The molecule has 0 aliphatic carbocycles. The molecule has 0 saturated heterocycles. The minimum absolute atomic E-state index is 0.238. The van der Waals surface area contributed by atoms with E-state index >= 15 is 0 Å². The van der Waals surface area contributed by atoms with Crippen molar-refractivity contribution in [2.75, 3.05) is 6.61 Å². The second-order valence-electron chi connectivity index (χ2n) is 5.16. The predicted molar refractivity (Wildman–Crippen MR) is 76.9 cm³/mol. The molecule has 1 rings (SSSR count). The van der Waals surface area contributed by atoms with E-state index < -0.39 is 0 Å². The van der Waals surface area contributed by atoms with Crippen LogP contribution in [-0.4, -0.2) is 11.6 Å². The molecular formula is C13H18ClNOS. The molecule has 0 amide bonds. The van der Waals surface area contributed by atoms with Gasteiger partial charge in [-0.25, -0.2) is 0 Å². The summed E-state index contributed by atoms with van der Waals surface area (Å²) in [6.07, 6.45) is 0.955. The Kier molecular flexibility index (Phi) is 4.78. The van der Waals surface area contributed by atoms with Crippen LogP contribution in [0.1, 0.15) is 32.8 Å². The summed E-state index contributed by atoms with van der Waals surface area (Å²) in [5.41, 5.74) is 6.60. The van der Waals surface area contributed by atoms with Gasteiger partial charge in [-0.15, -0.1) is 0 Å². The molecule has 0 spiro atoms. The largest absolute Gasteiger partial charge is 0.493 e. The molecule has 0 fully saturated rings. The lowest BCUT2D eigenvalue weighted by molar-refractivity contribution is 0.243. The first kappa shape index (κ1) is 14.3. The molecule has 0 aliphatic rings. The Hall–Kier alpha value is -0.800. The van der Waals surface area contributed by atoms with Gasteiger partial charge < -0.3 is 10.5 Å². The number of hydrogen-bond acceptors (Lipinski definition) is 2. The van der Waals surface area contributed by atoms with Gasteiger partial charge >= 0.3 is 0 Å². The summed E-state index contributed by atoms with van der Waals surface area (Å²) < 4.78 is 5.70. The first-order valence-corrected chi connectivity index (χ1v) is 6.30. The van der Waals surface area contributed by atoms with Crippen LogP contribution in [0.25, 0.3) is 0 Å². The molecule has 0 unspecified atom stereocenters. The van der Waals surface area contributed by atoms with E-state index in [1.807, 2.05) is 0 Å². The summed E-state index contributed by atoms with van der Waals surface area (Å²) in [7, 11) is 0. The van der Waals surface area contributed by atoms with Crippen LogP contribution in [0.15, 0.2) is 18.2 Å². The molecule has 0 heterocycles. The average molecular weight is 272 g/mol. The summed E-state index contributed by atoms with van der Waals surface area (Å²) in [4.78, 5) is 0.326. The number of rotatable bonds is 4. The highest BCUT2D eigenvalue weighted by molar-refractivity contribution is 7.80. The van der Waals surface area contributed by atoms with Crippen LogP contribution in [0.4, 0.5) is 0 Å². The third-order valence-electron chi connectivity index (χ3n) is 2.32. The highest BCUT2D eigenvalue weighted by atomic mass is 35.5. The molecule has 1 aromatic carbocycles. The first-order valence-electron chi connectivity index (χ1n) is 5.52. The van der Waals surface area contributed by atoms with Crippen LogP contribution in [-0.2, 0) is 0 Å². The van der Waals surface area contributed by atoms with Crippen molar-refractivity contribution in [3.8, 4) is 5.75 Å². The number of ether oxygens (including phenoxy) is 1. The van der Waals surface area contributed by atoms with Crippen LogP contribution >= 0.6 is 23.8 Å². The Bertz CT molecular complexity index is 412. The van der Waals surface area contributed by atoms with E-state index in [9.17, 15) is 0 Å². The zero-order valence-electron chi connectivity index (χ0n) is 10.4. The summed E-state index contributed by atoms with van der Waals surface area (Å²) in [6.45, 7) is 7.13. The maximum atomic E-state index is 5.93. The van der Waals surface area contributed by atoms with Gasteiger partial charge in [0.1, 0.15) is 10.7 Å². The Balaban J connectivity index is 2.75. The van der Waals surface area contributed by atoms with E-state index in [1.54, 1.807) is 18.2 Å². The Morgan fingerprint density at radius 1 is 1.41 bits per heavy atom. The lowest BCUT2D eigenvalue weighted by Gasteiger charge is -2.19. The van der Waals surface area contributed by atoms with E-state index in [4.69, 9.17) is 34.3 Å². The monoisotopic (exact) mass is 271 g/mol. The van der Waals surface area contributed by atoms with Crippen LogP contribution in [0.2, 0.25) is 5.02 Å². The highest BCUT2D eigenvalue weighted by Crippen LogP contribution is 2.25. The first-order chi connectivity index (χ1) is 7.79. The Labute approximate surface area is 113 Å². The minimum atomic E-state index is 0.238. The van der Waals surface area contributed by atoms with Crippen molar-refractivity contribution in [2.45, 2.75) is 27.2 Å². The summed E-state index contributed by atoms with van der Waals surface area (Å²) in [6, 6.07) is 5.29. The van der Waals surface area contributed by atoms with Crippen LogP contribution in [0.3, 0.4) is 0 Å². The minimum Gasteiger partial charge on any atom is -0.493 e. The van der Waals surface area contributed by atoms with Gasteiger partial charge in [0.05, 0.1) is 12.2 Å². The van der Waals surface area contributed by atoms with E-state index in [0.717, 1.165) is 12.0 Å². The smallest absolute Gasteiger partial charge is 0.130 e. The van der Waals surface area contributed by atoms with Gasteiger partial charge in [-0.05, 0) is 30.0 Å². The zero-order valence-corrected chi connectivity index (χ0v) is 12.0. The molecule has 0 aromatic heterocycles. The van der Waals surface area contributed by atoms with Gasteiger partial charge in [0.15, 0.2) is 0 Å². The fourth-order valence-electron chi connectivity index (χ4n) is 1.29. The molecule has 0 atom stereocenters. The fourth-order valence-corrected chi connectivity index (χ4v) is 1.62. The third kappa shape index (κ3) is 4.92. The lowest BCUT2D eigenvalue weighted by atomic mass is 9.93. The second kappa shape index (κ2) is 5.69. The highest BCUT2D eigenvalue weighted by Gasteiger charge is 2.12. The fraction of sp³-hybridized carbons (Fsp3) is 0.462. The van der Waals surface area contributed by atoms with E-state index in [1.165, 1.54) is 0 Å². The van der Waals surface area contributed by atoms with Crippen molar-refractivity contribution in [2.24, 2.45) is 11.1 Å². The number of nitrogens with two attached hydrogens (primary N) is 1. The average Bonchev–Trinajstić information content (AvgIpc) is 2.15. The van der Waals surface area contributed by atoms with E-state index in [-0.39, 0.29) is 5.41 Å². The quantitative estimate of drug-likeness (QED) is 0.847. The van der Waals surface area contributed by atoms with Crippen molar-refractivity contribution in [1.29, 1.82) is 0 Å². The van der Waals surface area contributed by atoms with Crippen LogP contribution < -0.4 is 10.5 Å². The van der Waals surface area contributed by atoms with Crippen molar-refractivity contribution in [3.63, 3.8) is 0 Å². The molecule has 0 saturated carbocycles. The van der Waals surface area contributed by atoms with Gasteiger partial charge in [-0.2, -0.15) is 0 Å². The van der Waals surface area contributed by atoms with E-state index in [0.29, 0.717) is 22.4 Å². The van der Waals surface area contributed by atoms with Crippen molar-refractivity contribution >= 4 is 28.8 Å². The van der Waals surface area contributed by atoms with Crippen molar-refractivity contribution in [1.82, 2.24) is 0 Å². The normalized spacial score (nSPS) is 11.3. The number of halogens is 1. The van der Waals surface area contributed by atoms with Crippen molar-refractivity contribution in [3.05, 3.63) is 28.8 Å². The molecule has 4 heteroatoms. The molecule has 17 heavy (non-hydrogen) atoms. The molecule has 0 radical (unpaired) electrons. The van der Waals surface area contributed by atoms with Gasteiger partial charge in [-0.1, -0.05) is 44.6 Å². The molecule has 0 aliphatic heterocycles. The van der Waals surface area contributed by atoms with Gasteiger partial charge in [0.2, 0.25) is 0 Å². The summed E-state index contributed by atoms with van der Waals surface area (Å²) in [5, 5.41) is 0.621. The van der Waals surface area contributed by atoms with Gasteiger partial charge in [-0.3, -0.25) is 0 Å². The number of thiocarbonyl (C=S) groups is 1. The Morgan fingerprint density at radius 3 is 2.59 bits per heavy atom. The second-order valence-corrected chi connectivity index (χ2v) is 6.04. The summed E-state index contributed by atoms with van der Waals surface area (Å²) in [5.74, 6) is 0.661. The number of hydrogen-bond donors (Lipinski definition) is 1. The third-order valence-corrected chi connectivity index (χ3v) is 2.77.